The normalized spacial score (nSPS) is 38.8. The van der Waals surface area contributed by atoms with Gasteiger partial charge in [-0.25, -0.2) is 0 Å². The van der Waals surface area contributed by atoms with Crippen LogP contribution in [0.5, 0.6) is 0 Å². The van der Waals surface area contributed by atoms with Crippen LogP contribution in [-0.2, 0) is 28.7 Å². The summed E-state index contributed by atoms with van der Waals surface area (Å²) in [6.45, 7) is 15.5. The van der Waals surface area contributed by atoms with Crippen LogP contribution in [-0.4, -0.2) is 40.5 Å². The van der Waals surface area contributed by atoms with Gasteiger partial charge < -0.3 is 9.84 Å². The molecule has 7 heteroatoms. The van der Waals surface area contributed by atoms with Gasteiger partial charge in [0.05, 0.1) is 5.92 Å². The molecule has 39 heavy (non-hydrogen) atoms. The van der Waals surface area contributed by atoms with Gasteiger partial charge in [-0.1, -0.05) is 54.0 Å². The molecule has 0 aromatic heterocycles. The number of carbonyl (C=O) groups is 5. The Kier molecular flexibility index (Phi) is 7.35. The number of carboxylic acids is 1. The van der Waals surface area contributed by atoms with Crippen molar-refractivity contribution in [2.45, 2.75) is 113 Å². The van der Waals surface area contributed by atoms with Gasteiger partial charge in [-0.3, -0.25) is 24.0 Å². The predicted molar refractivity (Wildman–Crippen MR) is 146 cm³/mol. The molecule has 7 nitrogen and oxygen atoms in total. The molecule has 1 N–H and O–H groups in total. The standard InChI is InChI=1S/C32H46O7/c1-17(13-20(34)14-18(2)28(37)38)22-15-26(39-19(3)33)32(8)21-9-10-24-29(4,5)25(36)11-12-30(24,6)27(21)23(35)16-31(22,32)7/h17-18,22,24,26H,9-16H2,1-8H3,(H,37,38)/t17-,18+,22-,24+,26+,30+,31-,32-/m1/s1. The molecule has 0 heterocycles. The van der Waals surface area contributed by atoms with Crippen LogP contribution in [0, 0.1) is 45.3 Å². The van der Waals surface area contributed by atoms with E-state index in [2.05, 4.69) is 20.8 Å². The Hall–Kier alpha value is -2.31. The van der Waals surface area contributed by atoms with Gasteiger partial charge in [0.25, 0.3) is 0 Å². The van der Waals surface area contributed by atoms with Crippen LogP contribution < -0.4 is 0 Å². The molecule has 2 fully saturated rings. The van der Waals surface area contributed by atoms with E-state index < -0.39 is 39.7 Å². The van der Waals surface area contributed by atoms with Gasteiger partial charge in [0.1, 0.15) is 17.7 Å². The number of hydrogen-bond acceptors (Lipinski definition) is 6. The van der Waals surface area contributed by atoms with Crippen LogP contribution in [0.1, 0.15) is 107 Å². The molecule has 0 aromatic rings. The SMILES string of the molecule is CC(=O)O[C@H]1C[C@H]([C@H](C)CC(=O)C[C@H](C)C(=O)O)[C@@]2(C)CC(=O)C3=C(CC[C@H]4C(C)(C)C(=O)CC[C@]34C)[C@]12C. The van der Waals surface area contributed by atoms with Crippen molar-refractivity contribution in [2.75, 3.05) is 0 Å². The third kappa shape index (κ3) is 4.33. The summed E-state index contributed by atoms with van der Waals surface area (Å²) in [5.41, 5.74) is -0.0293. The topological polar surface area (TPSA) is 115 Å². The van der Waals surface area contributed by atoms with Gasteiger partial charge in [0, 0.05) is 54.4 Å². The first kappa shape index (κ1) is 29.7. The molecule has 4 aliphatic rings. The van der Waals surface area contributed by atoms with Crippen molar-refractivity contribution in [3.05, 3.63) is 11.1 Å². The van der Waals surface area contributed by atoms with E-state index in [4.69, 9.17) is 4.74 Å². The first-order valence-corrected chi connectivity index (χ1v) is 14.6. The number of allylic oxidation sites excluding steroid dienone is 1. The number of hydrogen-bond donors (Lipinski definition) is 1. The van der Waals surface area contributed by atoms with Crippen LogP contribution in [0.2, 0.25) is 0 Å². The van der Waals surface area contributed by atoms with Crippen molar-refractivity contribution in [1.82, 2.24) is 0 Å². The molecule has 2 saturated carbocycles. The molecular weight excluding hydrogens is 496 g/mol. The van der Waals surface area contributed by atoms with Crippen LogP contribution in [0.25, 0.3) is 0 Å². The third-order valence-corrected chi connectivity index (χ3v) is 11.8. The molecule has 0 saturated heterocycles. The molecule has 8 atom stereocenters. The number of ether oxygens (including phenoxy) is 1. The Morgan fingerprint density at radius 1 is 1.03 bits per heavy atom. The van der Waals surface area contributed by atoms with Gasteiger partial charge >= 0.3 is 11.9 Å². The van der Waals surface area contributed by atoms with E-state index in [1.165, 1.54) is 6.92 Å². The number of carboxylic acid groups (broad SMARTS) is 1. The number of carbonyl (C=O) groups excluding carboxylic acids is 4. The smallest absolute Gasteiger partial charge is 0.306 e. The van der Waals surface area contributed by atoms with E-state index in [1.54, 1.807) is 6.92 Å². The highest BCUT2D eigenvalue weighted by Crippen LogP contribution is 2.72. The maximum absolute atomic E-state index is 14.2. The second-order valence-electron chi connectivity index (χ2n) is 14.3. The zero-order chi connectivity index (χ0) is 29.3. The van der Waals surface area contributed by atoms with Crippen LogP contribution in [0.3, 0.4) is 0 Å². The van der Waals surface area contributed by atoms with Gasteiger partial charge in [-0.15, -0.1) is 0 Å². The van der Waals surface area contributed by atoms with Crippen LogP contribution in [0.15, 0.2) is 11.1 Å². The Balaban J connectivity index is 1.77. The zero-order valence-corrected chi connectivity index (χ0v) is 24.9. The molecular formula is C32H46O7. The Morgan fingerprint density at radius 2 is 1.67 bits per heavy atom. The van der Waals surface area contributed by atoms with Crippen molar-refractivity contribution in [3.63, 3.8) is 0 Å². The van der Waals surface area contributed by atoms with Crippen LogP contribution >= 0.6 is 0 Å². The Morgan fingerprint density at radius 3 is 2.26 bits per heavy atom. The van der Waals surface area contributed by atoms with Crippen molar-refractivity contribution in [3.8, 4) is 0 Å². The predicted octanol–water partition coefficient (Wildman–Crippen LogP) is 5.73. The highest BCUT2D eigenvalue weighted by atomic mass is 16.5. The Labute approximate surface area is 232 Å². The summed E-state index contributed by atoms with van der Waals surface area (Å²) < 4.78 is 6.04. The third-order valence-electron chi connectivity index (χ3n) is 11.8. The van der Waals surface area contributed by atoms with Crippen molar-refractivity contribution >= 4 is 29.3 Å². The second kappa shape index (κ2) is 9.66. The lowest BCUT2D eigenvalue weighted by molar-refractivity contribution is -0.154. The number of Topliss-reactive ketones (excluding diaryl/α,β-unsaturated/α-hetero) is 3. The minimum absolute atomic E-state index is 0.0176. The summed E-state index contributed by atoms with van der Waals surface area (Å²) in [5, 5.41) is 9.25. The summed E-state index contributed by atoms with van der Waals surface area (Å²) in [5.74, 6) is -1.85. The maximum atomic E-state index is 14.2. The fourth-order valence-electron chi connectivity index (χ4n) is 9.60. The molecule has 4 rings (SSSR count). The first-order valence-electron chi connectivity index (χ1n) is 14.6. The maximum Gasteiger partial charge on any atom is 0.306 e. The quantitative estimate of drug-likeness (QED) is 0.408. The number of esters is 1. The van der Waals surface area contributed by atoms with Gasteiger partial charge in [-0.05, 0) is 48.9 Å². The largest absolute Gasteiger partial charge is 0.481 e. The van der Waals surface area contributed by atoms with Crippen molar-refractivity contribution in [2.24, 2.45) is 45.3 Å². The molecule has 0 amide bonds. The number of ketones is 3. The fourth-order valence-corrected chi connectivity index (χ4v) is 9.60. The summed E-state index contributed by atoms with van der Waals surface area (Å²) >= 11 is 0. The minimum atomic E-state index is -0.986. The second-order valence-corrected chi connectivity index (χ2v) is 14.3. The zero-order valence-electron chi connectivity index (χ0n) is 24.9. The average molecular weight is 543 g/mol. The number of fused-ring (bicyclic) bond motifs is 4. The number of aliphatic carboxylic acids is 1. The average Bonchev–Trinajstić information content (AvgIpc) is 3.03. The first-order chi connectivity index (χ1) is 17.9. The summed E-state index contributed by atoms with van der Waals surface area (Å²) in [6, 6.07) is 0. The van der Waals surface area contributed by atoms with Crippen LogP contribution in [0.4, 0.5) is 0 Å². The monoisotopic (exact) mass is 542 g/mol. The minimum Gasteiger partial charge on any atom is -0.481 e. The number of rotatable bonds is 7. The van der Waals surface area contributed by atoms with E-state index in [9.17, 15) is 29.1 Å². The molecule has 216 valence electrons. The lowest BCUT2D eigenvalue weighted by Crippen LogP contribution is -2.57. The Bertz CT molecular complexity index is 1150. The molecule has 0 radical (unpaired) electrons. The van der Waals surface area contributed by atoms with Gasteiger partial charge in [-0.2, -0.15) is 0 Å². The fraction of sp³-hybridized carbons (Fsp3) is 0.781. The molecule has 0 bridgehead atoms. The van der Waals surface area contributed by atoms with Gasteiger partial charge in [0.15, 0.2) is 5.78 Å². The molecule has 4 aliphatic carbocycles. The van der Waals surface area contributed by atoms with E-state index in [-0.39, 0.29) is 53.9 Å². The highest BCUT2D eigenvalue weighted by molar-refractivity contribution is 6.01. The summed E-state index contributed by atoms with van der Waals surface area (Å²) in [4.78, 5) is 63.6. The molecule has 0 unspecified atom stereocenters. The molecule has 0 aromatic carbocycles. The van der Waals surface area contributed by atoms with E-state index >= 15 is 0 Å². The van der Waals surface area contributed by atoms with E-state index in [0.717, 1.165) is 17.6 Å². The summed E-state index contributed by atoms with van der Waals surface area (Å²) in [6.07, 6.45) is 3.29. The van der Waals surface area contributed by atoms with E-state index in [1.807, 2.05) is 20.8 Å². The highest BCUT2D eigenvalue weighted by Gasteiger charge is 2.69. The van der Waals surface area contributed by atoms with E-state index in [0.29, 0.717) is 32.1 Å². The molecule has 0 spiro atoms. The van der Waals surface area contributed by atoms with Crippen molar-refractivity contribution in [1.29, 1.82) is 0 Å². The lowest BCUT2D eigenvalue weighted by Gasteiger charge is -2.60. The van der Waals surface area contributed by atoms with Crippen molar-refractivity contribution < 1.29 is 33.8 Å². The summed E-state index contributed by atoms with van der Waals surface area (Å²) in [7, 11) is 0. The van der Waals surface area contributed by atoms with Gasteiger partial charge in [0.2, 0.25) is 0 Å². The lowest BCUT2D eigenvalue weighted by atomic mass is 9.43. The molecule has 0 aliphatic heterocycles.